The van der Waals surface area contributed by atoms with E-state index in [4.69, 9.17) is 0 Å². The van der Waals surface area contributed by atoms with E-state index in [0.717, 1.165) is 0 Å². The van der Waals surface area contributed by atoms with E-state index < -0.39 is 0 Å². The summed E-state index contributed by atoms with van der Waals surface area (Å²) < 4.78 is 5.24. The molecule has 40 heavy (non-hydrogen) atoms. The van der Waals surface area contributed by atoms with Gasteiger partial charge in [0.1, 0.15) is 12.4 Å². The average molecular weight is 560 g/mol. The van der Waals surface area contributed by atoms with Crippen LogP contribution in [0.4, 0.5) is 0 Å². The zero-order valence-corrected chi connectivity index (χ0v) is 28.2. The Kier molecular flexibility index (Phi) is 27.6. The first-order valence-electron chi connectivity index (χ1n) is 18.9. The van der Waals surface area contributed by atoms with Crippen molar-refractivity contribution < 1.29 is 4.57 Å². The second-order valence-corrected chi connectivity index (χ2v) is 13.0. The van der Waals surface area contributed by atoms with E-state index >= 15 is 0 Å². The van der Waals surface area contributed by atoms with Crippen LogP contribution in [0.3, 0.4) is 0 Å². The number of hydrogen-bond donors (Lipinski definition) is 0. The lowest BCUT2D eigenvalue weighted by atomic mass is 10.0. The lowest BCUT2D eigenvalue weighted by molar-refractivity contribution is -0.704. The summed E-state index contributed by atoms with van der Waals surface area (Å²) in [6.45, 7) is 9.39. The highest BCUT2D eigenvalue weighted by atomic mass is 15.1. The Morgan fingerprint density at radius 2 is 0.775 bits per heavy atom. The van der Waals surface area contributed by atoms with Gasteiger partial charge in [0, 0.05) is 6.42 Å². The van der Waals surface area contributed by atoms with Crippen molar-refractivity contribution >= 4 is 0 Å². The fraction of sp³-hybridized carbons (Fsp3) is 0.921. The van der Waals surface area contributed by atoms with Crippen molar-refractivity contribution in [1.82, 2.24) is 4.57 Å². The first-order chi connectivity index (χ1) is 19.8. The molecule has 0 atom stereocenters. The van der Waals surface area contributed by atoms with E-state index in [1.165, 1.54) is 206 Å². The van der Waals surface area contributed by atoms with Gasteiger partial charge in [0.05, 0.1) is 13.1 Å². The molecule has 1 aromatic heterocycles. The molecule has 1 aromatic rings. The normalized spacial score (nSPS) is 11.6. The van der Waals surface area contributed by atoms with E-state index in [1.54, 1.807) is 5.82 Å². The number of hydrogen-bond acceptors (Lipinski definition) is 0. The summed E-state index contributed by atoms with van der Waals surface area (Å²) in [4.78, 5) is 0. The molecule has 236 valence electrons. The Morgan fingerprint density at radius 3 is 1.20 bits per heavy atom. The number of aromatic nitrogens is 2. The monoisotopic (exact) mass is 560 g/mol. The topological polar surface area (TPSA) is 8.81 Å². The quantitative estimate of drug-likeness (QED) is 0.0613. The predicted molar refractivity (Wildman–Crippen MR) is 179 cm³/mol. The highest BCUT2D eigenvalue weighted by Gasteiger charge is 2.16. The molecule has 2 heteroatoms. The largest absolute Gasteiger partial charge is 0.256 e. The van der Waals surface area contributed by atoms with Crippen molar-refractivity contribution in [2.45, 2.75) is 226 Å². The van der Waals surface area contributed by atoms with Crippen LogP contribution in [0.15, 0.2) is 12.4 Å². The fourth-order valence-electron chi connectivity index (χ4n) is 6.33. The summed E-state index contributed by atoms with van der Waals surface area (Å²) in [5.41, 5.74) is 0. The molecular weight excluding hydrogens is 484 g/mol. The Hall–Kier alpha value is -0.790. The van der Waals surface area contributed by atoms with Crippen LogP contribution in [-0.4, -0.2) is 4.57 Å². The molecule has 0 aliphatic carbocycles. The van der Waals surface area contributed by atoms with Crippen LogP contribution in [0.5, 0.6) is 0 Å². The number of rotatable bonds is 32. The Balaban J connectivity index is 2.24. The van der Waals surface area contributed by atoms with Crippen molar-refractivity contribution in [3.8, 4) is 0 Å². The van der Waals surface area contributed by atoms with Gasteiger partial charge in [-0.2, -0.15) is 0 Å². The van der Waals surface area contributed by atoms with Gasteiger partial charge >= 0.3 is 0 Å². The van der Waals surface area contributed by atoms with Crippen LogP contribution in [-0.2, 0) is 19.5 Å². The highest BCUT2D eigenvalue weighted by Crippen LogP contribution is 2.15. The fourth-order valence-corrected chi connectivity index (χ4v) is 6.33. The molecule has 0 spiro atoms. The Labute approximate surface area is 253 Å². The number of imidazole rings is 1. The Bertz CT molecular complexity index is 619. The lowest BCUT2D eigenvalue weighted by Crippen LogP contribution is -2.37. The van der Waals surface area contributed by atoms with E-state index in [-0.39, 0.29) is 0 Å². The number of unbranched alkanes of at least 4 members (excludes halogenated alkanes) is 26. The summed E-state index contributed by atoms with van der Waals surface area (Å²) in [6.07, 6.45) is 47.4. The van der Waals surface area contributed by atoms with Crippen LogP contribution in [0.1, 0.15) is 213 Å². The maximum absolute atomic E-state index is 2.63. The first kappa shape index (κ1) is 37.2. The van der Waals surface area contributed by atoms with Gasteiger partial charge in [0.25, 0.3) is 5.82 Å². The molecule has 0 unspecified atom stereocenters. The first-order valence-corrected chi connectivity index (χ1v) is 18.9. The van der Waals surface area contributed by atoms with Crippen LogP contribution < -0.4 is 4.57 Å². The van der Waals surface area contributed by atoms with E-state index in [1.807, 2.05) is 0 Å². The molecule has 0 aliphatic rings. The maximum atomic E-state index is 2.63. The van der Waals surface area contributed by atoms with Gasteiger partial charge in [-0.15, -0.1) is 0 Å². The van der Waals surface area contributed by atoms with Crippen molar-refractivity contribution in [2.75, 3.05) is 0 Å². The number of aryl methyl sites for hydroxylation is 2. The van der Waals surface area contributed by atoms with Crippen LogP contribution >= 0.6 is 0 Å². The van der Waals surface area contributed by atoms with Gasteiger partial charge in [0.2, 0.25) is 0 Å². The summed E-state index contributed by atoms with van der Waals surface area (Å²) in [5.74, 6) is 1.62. The smallest absolute Gasteiger partial charge is 0.234 e. The molecule has 0 N–H and O–H groups in total. The highest BCUT2D eigenvalue weighted by molar-refractivity contribution is 4.84. The molecule has 0 aliphatic heterocycles. The minimum atomic E-state index is 1.22. The number of nitrogens with zero attached hydrogens (tertiary/aromatic N) is 2. The van der Waals surface area contributed by atoms with E-state index in [2.05, 4.69) is 42.3 Å². The summed E-state index contributed by atoms with van der Waals surface area (Å²) in [7, 11) is 0. The second-order valence-electron chi connectivity index (χ2n) is 13.0. The van der Waals surface area contributed by atoms with Gasteiger partial charge in [-0.05, 0) is 32.1 Å². The summed E-state index contributed by atoms with van der Waals surface area (Å²) in [6, 6.07) is 0. The summed E-state index contributed by atoms with van der Waals surface area (Å²) in [5, 5.41) is 0. The van der Waals surface area contributed by atoms with Gasteiger partial charge in [-0.3, -0.25) is 0 Å². The maximum Gasteiger partial charge on any atom is 0.256 e. The third kappa shape index (κ3) is 21.9. The van der Waals surface area contributed by atoms with E-state index in [0.29, 0.717) is 0 Å². The second kappa shape index (κ2) is 29.7. The minimum Gasteiger partial charge on any atom is -0.234 e. The lowest BCUT2D eigenvalue weighted by Gasteiger charge is -2.07. The van der Waals surface area contributed by atoms with Crippen molar-refractivity contribution in [3.63, 3.8) is 0 Å². The molecule has 1 rings (SSSR count). The SMILES string of the molecule is CCCCCCCCCCCCCCCn1cc[n+](CCCCCCC)c1CCCCCCCCCCCCC. The molecule has 0 fully saturated rings. The van der Waals surface area contributed by atoms with Gasteiger partial charge < -0.3 is 0 Å². The zero-order chi connectivity index (χ0) is 28.8. The molecule has 0 amide bonds. The Morgan fingerprint density at radius 1 is 0.425 bits per heavy atom. The predicted octanol–water partition coefficient (Wildman–Crippen LogP) is 12.7. The van der Waals surface area contributed by atoms with Crippen LogP contribution in [0, 0.1) is 0 Å². The standard InChI is InChI=1S/C38H75N2/c1-4-7-10-13-15-17-19-20-22-24-26-29-32-35-40-37-36-39(34-31-28-12-9-6-3)38(40)33-30-27-25-23-21-18-16-14-11-8-5-2/h36-37H,4-35H2,1-3H3/q+1. The molecule has 0 radical (unpaired) electrons. The van der Waals surface area contributed by atoms with Gasteiger partial charge in [-0.25, -0.2) is 9.13 Å². The van der Waals surface area contributed by atoms with Gasteiger partial charge in [-0.1, -0.05) is 175 Å². The molecular formula is C38H75N2+. The molecule has 1 heterocycles. The van der Waals surface area contributed by atoms with Crippen molar-refractivity contribution in [1.29, 1.82) is 0 Å². The summed E-state index contributed by atoms with van der Waals surface area (Å²) >= 11 is 0. The molecule has 0 saturated heterocycles. The third-order valence-electron chi connectivity index (χ3n) is 9.10. The van der Waals surface area contributed by atoms with Crippen LogP contribution in [0.2, 0.25) is 0 Å². The van der Waals surface area contributed by atoms with Crippen molar-refractivity contribution in [2.24, 2.45) is 0 Å². The average Bonchev–Trinajstić information content (AvgIpc) is 3.35. The molecule has 0 bridgehead atoms. The van der Waals surface area contributed by atoms with Crippen LogP contribution in [0.25, 0.3) is 0 Å². The zero-order valence-electron chi connectivity index (χ0n) is 28.2. The van der Waals surface area contributed by atoms with E-state index in [9.17, 15) is 0 Å². The molecule has 0 saturated carbocycles. The van der Waals surface area contributed by atoms with Gasteiger partial charge in [0.15, 0.2) is 0 Å². The third-order valence-corrected chi connectivity index (χ3v) is 9.10. The minimum absolute atomic E-state index is 1.22. The molecule has 2 nitrogen and oxygen atoms in total. The van der Waals surface area contributed by atoms with Crippen molar-refractivity contribution in [3.05, 3.63) is 18.2 Å². The molecule has 0 aromatic carbocycles.